The van der Waals surface area contributed by atoms with Crippen LogP contribution < -0.4 is 5.32 Å². The van der Waals surface area contributed by atoms with E-state index in [1.54, 1.807) is 0 Å². The Morgan fingerprint density at radius 3 is 2.67 bits per heavy atom. The Balaban J connectivity index is 1.33. The number of rotatable bonds is 5. The summed E-state index contributed by atoms with van der Waals surface area (Å²) >= 11 is 0. The zero-order valence-corrected chi connectivity index (χ0v) is 14.3. The predicted octanol–water partition coefficient (Wildman–Crippen LogP) is 2.95. The van der Waals surface area contributed by atoms with Gasteiger partial charge in [-0.05, 0) is 37.7 Å². The smallest absolute Gasteiger partial charge is 0.317 e. The van der Waals surface area contributed by atoms with Crippen LogP contribution in [0.4, 0.5) is 4.79 Å². The molecule has 3 rings (SSSR count). The molecule has 5 nitrogen and oxygen atoms in total. The van der Waals surface area contributed by atoms with E-state index in [9.17, 15) is 4.79 Å². The second-order valence-electron chi connectivity index (χ2n) is 6.65. The van der Waals surface area contributed by atoms with Crippen molar-refractivity contribution in [2.45, 2.75) is 50.9 Å². The van der Waals surface area contributed by atoms with Crippen molar-refractivity contribution >= 4 is 6.03 Å². The highest BCUT2D eigenvalue weighted by atomic mass is 16.5. The standard InChI is InChI=1S/C19H28N2O3/c22-19(20-14-16-6-2-1-3-7-16)21-11-9-17(10-12-21)24-15-18-8-4-5-13-23-18/h1-3,6-7,17-18H,4-5,8-15H2,(H,20,22)/t18-/m0/s1. The number of nitrogens with one attached hydrogen (secondary N) is 1. The summed E-state index contributed by atoms with van der Waals surface area (Å²) in [6.07, 6.45) is 5.87. The van der Waals surface area contributed by atoms with Gasteiger partial charge in [0.15, 0.2) is 0 Å². The Labute approximate surface area is 144 Å². The Morgan fingerprint density at radius 1 is 1.17 bits per heavy atom. The molecule has 0 saturated carbocycles. The third-order valence-corrected chi connectivity index (χ3v) is 4.81. The third-order valence-electron chi connectivity index (χ3n) is 4.81. The summed E-state index contributed by atoms with van der Waals surface area (Å²) in [6.45, 7) is 3.67. The molecule has 1 atom stereocenters. The number of nitrogens with zero attached hydrogens (tertiary/aromatic N) is 1. The molecule has 0 bridgehead atoms. The second-order valence-corrected chi connectivity index (χ2v) is 6.65. The molecule has 1 aromatic carbocycles. The van der Waals surface area contributed by atoms with Gasteiger partial charge >= 0.3 is 6.03 Å². The van der Waals surface area contributed by atoms with Gasteiger partial charge < -0.3 is 19.7 Å². The molecule has 0 spiro atoms. The maximum atomic E-state index is 12.2. The lowest BCUT2D eigenvalue weighted by Gasteiger charge is -2.33. The molecular weight excluding hydrogens is 304 g/mol. The molecule has 2 aliphatic rings. The molecule has 0 radical (unpaired) electrons. The van der Waals surface area contributed by atoms with E-state index in [0.717, 1.165) is 44.5 Å². The molecule has 0 aromatic heterocycles. The van der Waals surface area contributed by atoms with Crippen LogP contribution in [0.2, 0.25) is 0 Å². The van der Waals surface area contributed by atoms with E-state index in [1.165, 1.54) is 12.8 Å². The van der Waals surface area contributed by atoms with Crippen LogP contribution in [0.1, 0.15) is 37.7 Å². The van der Waals surface area contributed by atoms with Crippen LogP contribution >= 0.6 is 0 Å². The molecule has 2 aliphatic heterocycles. The van der Waals surface area contributed by atoms with E-state index < -0.39 is 0 Å². The first-order valence-electron chi connectivity index (χ1n) is 9.11. The minimum Gasteiger partial charge on any atom is -0.376 e. The fourth-order valence-corrected chi connectivity index (χ4v) is 3.29. The highest BCUT2D eigenvalue weighted by Gasteiger charge is 2.24. The number of carbonyl (C=O) groups is 1. The zero-order chi connectivity index (χ0) is 16.6. The van der Waals surface area contributed by atoms with Crippen LogP contribution in [0.25, 0.3) is 0 Å². The molecule has 0 aliphatic carbocycles. The van der Waals surface area contributed by atoms with Crippen molar-refractivity contribution in [2.75, 3.05) is 26.3 Å². The van der Waals surface area contributed by atoms with Crippen molar-refractivity contribution in [1.82, 2.24) is 10.2 Å². The van der Waals surface area contributed by atoms with Crippen LogP contribution in [-0.2, 0) is 16.0 Å². The first-order valence-corrected chi connectivity index (χ1v) is 9.11. The van der Waals surface area contributed by atoms with E-state index in [2.05, 4.69) is 5.32 Å². The maximum Gasteiger partial charge on any atom is 0.317 e. The van der Waals surface area contributed by atoms with Crippen molar-refractivity contribution in [3.8, 4) is 0 Å². The summed E-state index contributed by atoms with van der Waals surface area (Å²) in [5, 5.41) is 2.99. The van der Waals surface area contributed by atoms with Gasteiger partial charge in [-0.15, -0.1) is 0 Å². The SMILES string of the molecule is O=C(NCc1ccccc1)N1CCC(OC[C@@H]2CCCCO2)CC1. The van der Waals surface area contributed by atoms with Crippen molar-refractivity contribution in [3.63, 3.8) is 0 Å². The Morgan fingerprint density at radius 2 is 1.96 bits per heavy atom. The van der Waals surface area contributed by atoms with Crippen LogP contribution in [0, 0.1) is 0 Å². The predicted molar refractivity (Wildman–Crippen MR) is 92.8 cm³/mol. The van der Waals surface area contributed by atoms with Crippen molar-refractivity contribution in [1.29, 1.82) is 0 Å². The molecular formula is C19H28N2O3. The number of urea groups is 1. The minimum atomic E-state index is 0.0212. The van der Waals surface area contributed by atoms with Crippen molar-refractivity contribution < 1.29 is 14.3 Å². The molecule has 24 heavy (non-hydrogen) atoms. The van der Waals surface area contributed by atoms with Crippen LogP contribution in [0.5, 0.6) is 0 Å². The first kappa shape index (κ1) is 17.2. The zero-order valence-electron chi connectivity index (χ0n) is 14.3. The Hall–Kier alpha value is -1.59. The van der Waals surface area contributed by atoms with Crippen molar-refractivity contribution in [3.05, 3.63) is 35.9 Å². The van der Waals surface area contributed by atoms with E-state index in [0.29, 0.717) is 13.2 Å². The number of hydrogen-bond acceptors (Lipinski definition) is 3. The van der Waals surface area contributed by atoms with E-state index >= 15 is 0 Å². The Kier molecular flexibility index (Phi) is 6.49. The molecule has 2 saturated heterocycles. The van der Waals surface area contributed by atoms with E-state index in [4.69, 9.17) is 9.47 Å². The summed E-state index contributed by atoms with van der Waals surface area (Å²) in [6, 6.07) is 10.0. The number of carbonyl (C=O) groups excluding carboxylic acids is 1. The molecule has 2 amide bonds. The highest BCUT2D eigenvalue weighted by molar-refractivity contribution is 5.74. The summed E-state index contributed by atoms with van der Waals surface area (Å²) in [4.78, 5) is 14.1. The van der Waals surface area contributed by atoms with Gasteiger partial charge in [0.25, 0.3) is 0 Å². The minimum absolute atomic E-state index is 0.0212. The quantitative estimate of drug-likeness (QED) is 0.902. The number of benzene rings is 1. The molecule has 2 heterocycles. The van der Waals surface area contributed by atoms with Gasteiger partial charge in [0.2, 0.25) is 0 Å². The lowest BCUT2D eigenvalue weighted by Crippen LogP contribution is -2.46. The number of hydrogen-bond donors (Lipinski definition) is 1. The van der Waals surface area contributed by atoms with Gasteiger partial charge in [-0.1, -0.05) is 30.3 Å². The molecule has 5 heteroatoms. The number of amides is 2. The fraction of sp³-hybridized carbons (Fsp3) is 0.632. The van der Waals surface area contributed by atoms with Crippen molar-refractivity contribution in [2.24, 2.45) is 0 Å². The first-order chi connectivity index (χ1) is 11.8. The summed E-state index contributed by atoms with van der Waals surface area (Å²) in [5.74, 6) is 0. The summed E-state index contributed by atoms with van der Waals surface area (Å²) < 4.78 is 11.7. The fourth-order valence-electron chi connectivity index (χ4n) is 3.29. The van der Waals surface area contributed by atoms with Gasteiger partial charge in [0.1, 0.15) is 0 Å². The summed E-state index contributed by atoms with van der Waals surface area (Å²) in [5.41, 5.74) is 1.12. The largest absolute Gasteiger partial charge is 0.376 e. The van der Waals surface area contributed by atoms with Crippen LogP contribution in [0.3, 0.4) is 0 Å². The third kappa shape index (κ3) is 5.21. The van der Waals surface area contributed by atoms with E-state index in [1.807, 2.05) is 35.2 Å². The molecule has 132 valence electrons. The maximum absolute atomic E-state index is 12.2. The number of likely N-dealkylation sites (tertiary alicyclic amines) is 1. The lowest BCUT2D eigenvalue weighted by molar-refractivity contribution is -0.0728. The monoisotopic (exact) mass is 332 g/mol. The molecule has 1 N–H and O–H groups in total. The number of ether oxygens (including phenoxy) is 2. The molecule has 2 fully saturated rings. The van der Waals surface area contributed by atoms with Gasteiger partial charge in [0, 0.05) is 26.2 Å². The van der Waals surface area contributed by atoms with Gasteiger partial charge in [0.05, 0.1) is 18.8 Å². The highest BCUT2D eigenvalue weighted by Crippen LogP contribution is 2.18. The average molecular weight is 332 g/mol. The second kappa shape index (κ2) is 9.04. The average Bonchev–Trinajstić information content (AvgIpc) is 2.66. The summed E-state index contributed by atoms with van der Waals surface area (Å²) in [7, 11) is 0. The van der Waals surface area contributed by atoms with Gasteiger partial charge in [-0.3, -0.25) is 0 Å². The molecule has 0 unspecified atom stereocenters. The van der Waals surface area contributed by atoms with Gasteiger partial charge in [-0.2, -0.15) is 0 Å². The van der Waals surface area contributed by atoms with Crippen LogP contribution in [0.15, 0.2) is 30.3 Å². The Bertz CT molecular complexity index is 495. The number of piperidine rings is 1. The normalized spacial score (nSPS) is 22.3. The molecule has 1 aromatic rings. The topological polar surface area (TPSA) is 50.8 Å². The van der Waals surface area contributed by atoms with Gasteiger partial charge in [-0.25, -0.2) is 4.79 Å². The van der Waals surface area contributed by atoms with Crippen LogP contribution in [-0.4, -0.2) is 49.4 Å². The van der Waals surface area contributed by atoms with E-state index in [-0.39, 0.29) is 18.2 Å². The lowest BCUT2D eigenvalue weighted by atomic mass is 10.1.